The lowest BCUT2D eigenvalue weighted by Gasteiger charge is -2.19. The van der Waals surface area contributed by atoms with Gasteiger partial charge in [-0.25, -0.2) is 4.98 Å². The summed E-state index contributed by atoms with van der Waals surface area (Å²) in [5.74, 6) is 1.08. The third kappa shape index (κ3) is 3.07. The number of pyridine rings is 1. The molecule has 1 aromatic rings. The summed E-state index contributed by atoms with van der Waals surface area (Å²) in [6.45, 7) is 3.42. The van der Waals surface area contributed by atoms with Crippen molar-refractivity contribution in [3.8, 4) is 0 Å². The van der Waals surface area contributed by atoms with Gasteiger partial charge in [0.2, 0.25) is 0 Å². The highest BCUT2D eigenvalue weighted by Crippen LogP contribution is 2.29. The molecule has 0 aromatic carbocycles. The van der Waals surface area contributed by atoms with Gasteiger partial charge in [-0.05, 0) is 25.3 Å². The second-order valence-electron chi connectivity index (χ2n) is 5.97. The predicted octanol–water partition coefficient (Wildman–Crippen LogP) is 1.47. The lowest BCUT2D eigenvalue weighted by Crippen LogP contribution is -2.33. The van der Waals surface area contributed by atoms with Crippen LogP contribution in [0.25, 0.3) is 0 Å². The van der Waals surface area contributed by atoms with E-state index in [1.165, 1.54) is 37.9 Å². The third-order valence-electron chi connectivity index (χ3n) is 4.16. The fourth-order valence-corrected chi connectivity index (χ4v) is 2.95. The Morgan fingerprint density at radius 1 is 1.37 bits per heavy atom. The largest absolute Gasteiger partial charge is 0.362 e. The van der Waals surface area contributed by atoms with Gasteiger partial charge in [-0.3, -0.25) is 4.90 Å². The molecule has 0 radical (unpaired) electrons. The quantitative estimate of drug-likeness (QED) is 0.869. The Bertz CT molecular complexity index is 428. The van der Waals surface area contributed by atoms with Crippen LogP contribution in [0, 0.1) is 0 Å². The molecule has 0 bridgehead atoms. The van der Waals surface area contributed by atoms with Gasteiger partial charge in [-0.1, -0.05) is 6.07 Å². The number of hydrogen-bond donors (Lipinski definition) is 1. The van der Waals surface area contributed by atoms with Crippen molar-refractivity contribution < 1.29 is 0 Å². The minimum atomic E-state index is 0.649. The SMILES string of the molecule is CN(C)c1ncccc1CNC1CCN(C2CC2)C1. The molecule has 1 atom stereocenters. The number of likely N-dealkylation sites (tertiary alicyclic amines) is 1. The number of hydrogen-bond acceptors (Lipinski definition) is 4. The molecule has 0 amide bonds. The first-order valence-electron chi connectivity index (χ1n) is 7.32. The van der Waals surface area contributed by atoms with E-state index < -0.39 is 0 Å². The topological polar surface area (TPSA) is 31.4 Å². The Hall–Kier alpha value is -1.13. The number of rotatable bonds is 5. The summed E-state index contributed by atoms with van der Waals surface area (Å²) in [6.07, 6.45) is 5.98. The second-order valence-corrected chi connectivity index (χ2v) is 5.97. The van der Waals surface area contributed by atoms with Crippen LogP contribution in [0.1, 0.15) is 24.8 Å². The molecule has 104 valence electrons. The molecule has 1 N–H and O–H groups in total. The predicted molar refractivity (Wildman–Crippen MR) is 78.4 cm³/mol. The van der Waals surface area contributed by atoms with Crippen LogP contribution >= 0.6 is 0 Å². The number of anilines is 1. The molecule has 1 unspecified atom stereocenters. The average Bonchev–Trinajstić information content (AvgIpc) is 3.16. The van der Waals surface area contributed by atoms with E-state index in [-0.39, 0.29) is 0 Å². The van der Waals surface area contributed by atoms with Crippen molar-refractivity contribution in [3.63, 3.8) is 0 Å². The molecule has 1 aliphatic carbocycles. The molecule has 1 aromatic heterocycles. The van der Waals surface area contributed by atoms with E-state index in [1.807, 2.05) is 12.3 Å². The van der Waals surface area contributed by atoms with E-state index in [1.54, 1.807) is 0 Å². The second kappa shape index (κ2) is 5.47. The maximum atomic E-state index is 4.45. The highest BCUT2D eigenvalue weighted by molar-refractivity contribution is 5.45. The smallest absolute Gasteiger partial charge is 0.132 e. The number of nitrogens with one attached hydrogen (secondary N) is 1. The molecule has 3 rings (SSSR count). The Morgan fingerprint density at radius 2 is 2.21 bits per heavy atom. The number of nitrogens with zero attached hydrogens (tertiary/aromatic N) is 3. The molecule has 1 aliphatic heterocycles. The van der Waals surface area contributed by atoms with Gasteiger partial charge < -0.3 is 10.2 Å². The summed E-state index contributed by atoms with van der Waals surface area (Å²) in [7, 11) is 4.10. The molecule has 4 nitrogen and oxygen atoms in total. The van der Waals surface area contributed by atoms with E-state index in [0.717, 1.165) is 18.4 Å². The minimum absolute atomic E-state index is 0.649. The Balaban J connectivity index is 1.54. The molecule has 1 saturated heterocycles. The first-order chi connectivity index (χ1) is 9.24. The van der Waals surface area contributed by atoms with Gasteiger partial charge in [0.15, 0.2) is 0 Å². The zero-order chi connectivity index (χ0) is 13.2. The van der Waals surface area contributed by atoms with E-state index in [9.17, 15) is 0 Å². The first-order valence-corrected chi connectivity index (χ1v) is 7.32. The molecule has 1 saturated carbocycles. The van der Waals surface area contributed by atoms with Crippen LogP contribution in [0.5, 0.6) is 0 Å². The summed E-state index contributed by atoms with van der Waals surface area (Å²) in [5.41, 5.74) is 1.29. The third-order valence-corrected chi connectivity index (χ3v) is 4.16. The Labute approximate surface area is 115 Å². The van der Waals surface area contributed by atoms with Crippen molar-refractivity contribution in [2.45, 2.75) is 37.9 Å². The van der Waals surface area contributed by atoms with E-state index in [2.05, 4.69) is 40.3 Å². The van der Waals surface area contributed by atoms with Crippen LogP contribution in [0.15, 0.2) is 18.3 Å². The maximum Gasteiger partial charge on any atom is 0.132 e. The zero-order valence-corrected chi connectivity index (χ0v) is 12.0. The summed E-state index contributed by atoms with van der Waals surface area (Å²) in [4.78, 5) is 9.18. The van der Waals surface area contributed by atoms with Crippen molar-refractivity contribution in [3.05, 3.63) is 23.9 Å². The van der Waals surface area contributed by atoms with Crippen LogP contribution in [0.3, 0.4) is 0 Å². The summed E-state index contributed by atoms with van der Waals surface area (Å²) < 4.78 is 0. The zero-order valence-electron chi connectivity index (χ0n) is 12.0. The van der Waals surface area contributed by atoms with Crippen molar-refractivity contribution in [1.29, 1.82) is 0 Å². The van der Waals surface area contributed by atoms with Gasteiger partial charge in [0, 0.05) is 57.6 Å². The molecule has 2 fully saturated rings. The molecule has 2 heterocycles. The summed E-state index contributed by atoms with van der Waals surface area (Å²) >= 11 is 0. The van der Waals surface area contributed by atoms with Crippen LogP contribution in [-0.4, -0.2) is 49.2 Å². The Morgan fingerprint density at radius 3 is 2.95 bits per heavy atom. The van der Waals surface area contributed by atoms with E-state index >= 15 is 0 Å². The lowest BCUT2D eigenvalue weighted by molar-refractivity contribution is 0.317. The molecular formula is C15H24N4. The van der Waals surface area contributed by atoms with Crippen LogP contribution in [0.2, 0.25) is 0 Å². The molecule has 19 heavy (non-hydrogen) atoms. The monoisotopic (exact) mass is 260 g/mol. The maximum absolute atomic E-state index is 4.45. The number of aromatic nitrogens is 1. The molecule has 2 aliphatic rings. The van der Waals surface area contributed by atoms with E-state index in [0.29, 0.717) is 6.04 Å². The van der Waals surface area contributed by atoms with Gasteiger partial charge >= 0.3 is 0 Å². The standard InChI is InChI=1S/C15H24N4/c1-18(2)15-12(4-3-8-16-15)10-17-13-7-9-19(11-13)14-5-6-14/h3-4,8,13-14,17H,5-7,9-11H2,1-2H3. The van der Waals surface area contributed by atoms with Gasteiger partial charge in [-0.15, -0.1) is 0 Å². The first kappa shape index (κ1) is 12.9. The fourth-order valence-electron chi connectivity index (χ4n) is 2.95. The van der Waals surface area contributed by atoms with Crippen LogP contribution in [-0.2, 0) is 6.54 Å². The van der Waals surface area contributed by atoms with Gasteiger partial charge in [0.05, 0.1) is 0 Å². The Kier molecular flexibility index (Phi) is 3.71. The molecular weight excluding hydrogens is 236 g/mol. The van der Waals surface area contributed by atoms with E-state index in [4.69, 9.17) is 0 Å². The molecule has 4 heteroatoms. The molecule has 0 spiro atoms. The fraction of sp³-hybridized carbons (Fsp3) is 0.667. The lowest BCUT2D eigenvalue weighted by atomic mass is 10.2. The summed E-state index contributed by atoms with van der Waals surface area (Å²) in [6, 6.07) is 5.75. The normalized spacial score (nSPS) is 23.8. The van der Waals surface area contributed by atoms with Crippen molar-refractivity contribution in [1.82, 2.24) is 15.2 Å². The average molecular weight is 260 g/mol. The van der Waals surface area contributed by atoms with Gasteiger partial charge in [0.25, 0.3) is 0 Å². The summed E-state index contributed by atoms with van der Waals surface area (Å²) in [5, 5.41) is 3.70. The van der Waals surface area contributed by atoms with Gasteiger partial charge in [0.1, 0.15) is 5.82 Å². The minimum Gasteiger partial charge on any atom is -0.362 e. The van der Waals surface area contributed by atoms with Crippen molar-refractivity contribution >= 4 is 5.82 Å². The highest BCUT2D eigenvalue weighted by atomic mass is 15.2. The van der Waals surface area contributed by atoms with Crippen molar-refractivity contribution in [2.24, 2.45) is 0 Å². The van der Waals surface area contributed by atoms with Crippen molar-refractivity contribution in [2.75, 3.05) is 32.1 Å². The van der Waals surface area contributed by atoms with Gasteiger partial charge in [-0.2, -0.15) is 0 Å². The highest BCUT2D eigenvalue weighted by Gasteiger charge is 2.34. The van der Waals surface area contributed by atoms with Crippen LogP contribution in [0.4, 0.5) is 5.82 Å². The van der Waals surface area contributed by atoms with Crippen LogP contribution < -0.4 is 10.2 Å².